The third-order valence-corrected chi connectivity index (χ3v) is 6.69. The molecule has 1 saturated carbocycles. The van der Waals surface area contributed by atoms with Crippen molar-refractivity contribution in [3.05, 3.63) is 49.1 Å². The van der Waals surface area contributed by atoms with Gasteiger partial charge >= 0.3 is 0 Å². The topological polar surface area (TPSA) is 88.2 Å². The number of hydrogen-bond acceptors (Lipinski definition) is 7. The smallest absolute Gasteiger partial charge is 0.149 e. The van der Waals surface area contributed by atoms with Gasteiger partial charge in [-0.05, 0) is 43.9 Å². The van der Waals surface area contributed by atoms with E-state index in [4.69, 9.17) is 9.47 Å². The van der Waals surface area contributed by atoms with Crippen LogP contribution in [0.4, 0.5) is 11.4 Å². The van der Waals surface area contributed by atoms with E-state index in [-0.39, 0.29) is 6.10 Å². The average molecular weight is 445 g/mol. The fraction of sp³-hybridized carbons (Fsp3) is 0.400. The third kappa shape index (κ3) is 4.18. The third-order valence-electron chi connectivity index (χ3n) is 6.69. The van der Waals surface area contributed by atoms with E-state index in [1.165, 1.54) is 0 Å². The van der Waals surface area contributed by atoms with Gasteiger partial charge in [0.1, 0.15) is 16.9 Å². The van der Waals surface area contributed by atoms with Gasteiger partial charge in [0.05, 0.1) is 24.8 Å². The zero-order valence-corrected chi connectivity index (χ0v) is 18.5. The summed E-state index contributed by atoms with van der Waals surface area (Å²) in [5, 5.41) is 4.86. The number of rotatable bonds is 5. The van der Waals surface area contributed by atoms with Crippen molar-refractivity contribution in [3.8, 4) is 5.75 Å². The van der Waals surface area contributed by atoms with E-state index in [0.717, 1.165) is 91.2 Å². The van der Waals surface area contributed by atoms with Gasteiger partial charge in [-0.1, -0.05) is 0 Å². The number of fused-ring (bicyclic) bond motifs is 2. The Morgan fingerprint density at radius 1 is 0.970 bits per heavy atom. The van der Waals surface area contributed by atoms with Crippen LogP contribution in [-0.2, 0) is 4.74 Å². The summed E-state index contributed by atoms with van der Waals surface area (Å²) in [5.74, 6) is 0.835. The average Bonchev–Trinajstić information content (AvgIpc) is 3.36. The van der Waals surface area contributed by atoms with Crippen molar-refractivity contribution in [3.63, 3.8) is 0 Å². The Morgan fingerprint density at radius 3 is 2.70 bits per heavy atom. The zero-order valence-electron chi connectivity index (χ0n) is 18.5. The number of morpholine rings is 1. The van der Waals surface area contributed by atoms with Crippen LogP contribution in [0.3, 0.4) is 0 Å². The van der Waals surface area contributed by atoms with E-state index >= 15 is 0 Å². The first-order chi connectivity index (χ1) is 16.3. The fourth-order valence-corrected chi connectivity index (χ4v) is 4.93. The fourth-order valence-electron chi connectivity index (χ4n) is 4.93. The Kier molecular flexibility index (Phi) is 5.43. The minimum atomic E-state index is 0.179. The number of ether oxygens (including phenoxy) is 2. The van der Waals surface area contributed by atoms with Crippen LogP contribution in [0.15, 0.2) is 49.1 Å². The first-order valence-corrected chi connectivity index (χ1v) is 11.8. The lowest BCUT2D eigenvalue weighted by Crippen LogP contribution is -2.36. The van der Waals surface area contributed by atoms with E-state index in [1.807, 2.05) is 12.4 Å². The van der Waals surface area contributed by atoms with Gasteiger partial charge in [0, 0.05) is 66.7 Å². The van der Waals surface area contributed by atoms with Gasteiger partial charge < -0.3 is 24.7 Å². The minimum absolute atomic E-state index is 0.179. The van der Waals surface area contributed by atoms with Crippen LogP contribution >= 0.6 is 0 Å². The molecule has 4 heterocycles. The molecule has 0 spiro atoms. The monoisotopic (exact) mass is 444 g/mol. The van der Waals surface area contributed by atoms with E-state index < -0.39 is 0 Å². The van der Waals surface area contributed by atoms with Crippen LogP contribution in [0.25, 0.3) is 22.1 Å². The number of pyridine rings is 1. The first-order valence-electron chi connectivity index (χ1n) is 11.8. The number of aromatic amines is 1. The Hall–Kier alpha value is -3.39. The summed E-state index contributed by atoms with van der Waals surface area (Å²) in [6.07, 6.45) is 11.6. The summed E-state index contributed by atoms with van der Waals surface area (Å²) in [5.41, 5.74) is 4.90. The molecule has 1 saturated heterocycles. The van der Waals surface area contributed by atoms with Gasteiger partial charge in [-0.25, -0.2) is 9.97 Å². The maximum Gasteiger partial charge on any atom is 0.149 e. The summed E-state index contributed by atoms with van der Waals surface area (Å²) in [6.45, 7) is 3.26. The second-order valence-electron chi connectivity index (χ2n) is 8.80. The Bertz CT molecular complexity index is 1240. The summed E-state index contributed by atoms with van der Waals surface area (Å²) >= 11 is 0. The quantitative estimate of drug-likeness (QED) is 0.478. The highest BCUT2D eigenvalue weighted by atomic mass is 16.5. The lowest BCUT2D eigenvalue weighted by Gasteiger charge is -2.32. The van der Waals surface area contributed by atoms with Gasteiger partial charge in [0.25, 0.3) is 0 Å². The Labute approximate surface area is 192 Å². The maximum absolute atomic E-state index is 6.55. The Morgan fingerprint density at radius 2 is 1.82 bits per heavy atom. The van der Waals surface area contributed by atoms with E-state index in [9.17, 15) is 0 Å². The van der Waals surface area contributed by atoms with E-state index in [2.05, 4.69) is 54.4 Å². The van der Waals surface area contributed by atoms with Crippen molar-refractivity contribution in [1.29, 1.82) is 0 Å². The van der Waals surface area contributed by atoms with Crippen LogP contribution in [-0.4, -0.2) is 58.4 Å². The van der Waals surface area contributed by atoms with Crippen LogP contribution in [0.2, 0.25) is 0 Å². The maximum atomic E-state index is 6.55. The molecular weight excluding hydrogens is 416 g/mol. The molecule has 3 aromatic heterocycles. The molecule has 0 amide bonds. The molecule has 170 valence electrons. The molecule has 8 heteroatoms. The molecular formula is C25H28N6O2. The summed E-state index contributed by atoms with van der Waals surface area (Å²) in [4.78, 5) is 19.0. The minimum Gasteiger partial charge on any atom is -0.488 e. The van der Waals surface area contributed by atoms with Gasteiger partial charge in [0.15, 0.2) is 0 Å². The molecule has 0 atom stereocenters. The number of benzene rings is 1. The molecule has 0 radical (unpaired) electrons. The number of anilines is 2. The second-order valence-corrected chi connectivity index (χ2v) is 8.80. The summed E-state index contributed by atoms with van der Waals surface area (Å²) in [7, 11) is 0. The molecule has 6 rings (SSSR count). The van der Waals surface area contributed by atoms with Crippen molar-refractivity contribution in [2.45, 2.75) is 37.8 Å². The number of hydrogen-bond donors (Lipinski definition) is 2. The van der Waals surface area contributed by atoms with Crippen LogP contribution in [0.1, 0.15) is 25.7 Å². The molecule has 4 aromatic rings. The molecule has 33 heavy (non-hydrogen) atoms. The molecule has 2 fully saturated rings. The predicted molar refractivity (Wildman–Crippen MR) is 129 cm³/mol. The first kappa shape index (κ1) is 20.2. The predicted octanol–water partition coefficient (Wildman–Crippen LogP) is 4.14. The molecule has 0 unspecified atom stereocenters. The molecule has 1 aromatic carbocycles. The number of H-pyrrole nitrogens is 1. The highest BCUT2D eigenvalue weighted by molar-refractivity contribution is 5.89. The Balaban J connectivity index is 1.16. The van der Waals surface area contributed by atoms with Gasteiger partial charge in [-0.2, -0.15) is 0 Å². The molecule has 2 N–H and O–H groups in total. The van der Waals surface area contributed by atoms with Crippen molar-refractivity contribution < 1.29 is 9.47 Å². The molecule has 1 aliphatic carbocycles. The van der Waals surface area contributed by atoms with E-state index in [0.29, 0.717) is 6.04 Å². The van der Waals surface area contributed by atoms with Crippen LogP contribution < -0.4 is 15.0 Å². The van der Waals surface area contributed by atoms with Crippen molar-refractivity contribution >= 4 is 33.4 Å². The van der Waals surface area contributed by atoms with Gasteiger partial charge in [-0.3, -0.25) is 4.98 Å². The van der Waals surface area contributed by atoms with Crippen molar-refractivity contribution in [2.75, 3.05) is 36.5 Å². The van der Waals surface area contributed by atoms with E-state index in [1.54, 1.807) is 12.4 Å². The normalized spacial score (nSPS) is 21.4. The molecule has 2 aliphatic rings. The summed E-state index contributed by atoms with van der Waals surface area (Å²) < 4.78 is 12.1. The standard InChI is InChI=1S/C25H28N6O2/c1-3-19(4-2-17(1)30-21-6-8-29-25-20(21)5-7-28-25)33-23-16-18(31-11-13-32-14-12-31)15-22-24(23)27-10-9-26-22/h5-10,15-17,19H,1-4,11-14H2,(H2,28,29,30). The second kappa shape index (κ2) is 8.86. The lowest BCUT2D eigenvalue weighted by atomic mass is 9.92. The lowest BCUT2D eigenvalue weighted by molar-refractivity contribution is 0.122. The molecule has 8 nitrogen and oxygen atoms in total. The molecule has 0 bridgehead atoms. The number of aromatic nitrogens is 4. The zero-order chi connectivity index (χ0) is 22.0. The summed E-state index contributed by atoms with van der Waals surface area (Å²) in [6, 6.07) is 8.80. The number of nitrogens with zero attached hydrogens (tertiary/aromatic N) is 4. The van der Waals surface area contributed by atoms with Crippen molar-refractivity contribution in [2.24, 2.45) is 0 Å². The largest absolute Gasteiger partial charge is 0.488 e. The van der Waals surface area contributed by atoms with Crippen LogP contribution in [0.5, 0.6) is 5.75 Å². The molecule has 1 aliphatic heterocycles. The SMILES string of the molecule is c1cnc2c(OC3CCC(Nc4ccnc5[nH]ccc45)CC3)cc(N3CCOCC3)cc2n1. The number of nitrogens with one attached hydrogen (secondary N) is 2. The van der Waals surface area contributed by atoms with Gasteiger partial charge in [-0.15, -0.1) is 0 Å². The van der Waals surface area contributed by atoms with Crippen molar-refractivity contribution in [1.82, 2.24) is 19.9 Å². The van der Waals surface area contributed by atoms with Gasteiger partial charge in [0.2, 0.25) is 0 Å². The highest BCUT2D eigenvalue weighted by Crippen LogP contribution is 2.33. The highest BCUT2D eigenvalue weighted by Gasteiger charge is 2.24. The van der Waals surface area contributed by atoms with Crippen LogP contribution in [0, 0.1) is 0 Å².